The van der Waals surface area contributed by atoms with Gasteiger partial charge in [-0.3, -0.25) is 4.79 Å². The topological polar surface area (TPSA) is 116 Å². The van der Waals surface area contributed by atoms with E-state index in [1.807, 2.05) is 13.8 Å². The van der Waals surface area contributed by atoms with Crippen molar-refractivity contribution in [1.29, 1.82) is 0 Å². The second-order valence-corrected chi connectivity index (χ2v) is 9.49. The molecule has 9 heteroatoms. The fourth-order valence-electron chi connectivity index (χ4n) is 2.64. The molecule has 0 saturated carbocycles. The molecule has 1 heterocycles. The van der Waals surface area contributed by atoms with Crippen LogP contribution in [0.2, 0.25) is 0 Å². The lowest BCUT2D eigenvalue weighted by atomic mass is 10.2. The van der Waals surface area contributed by atoms with Crippen molar-refractivity contribution in [2.45, 2.75) is 63.3 Å². The Hall–Kier alpha value is -0.960. The van der Waals surface area contributed by atoms with Gasteiger partial charge in [-0.05, 0) is 25.0 Å². The molecule has 1 aliphatic rings. The van der Waals surface area contributed by atoms with Gasteiger partial charge in [-0.15, -0.1) is 0 Å². The molecule has 0 aromatic carbocycles. The monoisotopic (exact) mass is 380 g/mol. The summed E-state index contributed by atoms with van der Waals surface area (Å²) < 4.78 is 30.3. The van der Waals surface area contributed by atoms with E-state index in [-0.39, 0.29) is 6.10 Å². The molecule has 0 aromatic heterocycles. The molecule has 24 heavy (non-hydrogen) atoms. The van der Waals surface area contributed by atoms with E-state index in [0.29, 0.717) is 18.6 Å². The largest absolute Gasteiger partial charge is 0.445 e. The van der Waals surface area contributed by atoms with Crippen molar-refractivity contribution in [1.82, 2.24) is 5.32 Å². The molecule has 0 bridgehead atoms. The highest BCUT2D eigenvalue weighted by molar-refractivity contribution is 7.99. The molecule has 7 nitrogen and oxygen atoms in total. The number of hydrogen-bond acceptors (Lipinski definition) is 6. The summed E-state index contributed by atoms with van der Waals surface area (Å²) in [5, 5.41) is 1.80. The quantitative estimate of drug-likeness (QED) is 0.593. The number of thioether (sulfide) groups is 1. The predicted octanol–water partition coefficient (Wildman–Crippen LogP) is 1.46. The smallest absolute Gasteiger partial charge is 0.408 e. The number of sulfone groups is 1. The maximum Gasteiger partial charge on any atom is 0.408 e. The Kier molecular flexibility index (Phi) is 8.90. The van der Waals surface area contributed by atoms with Crippen molar-refractivity contribution in [3.8, 4) is 0 Å². The standard InChI is InChI=1S/C15H28N2O5S2/c1-3-5-12(6-4-2)24(20,21)10-13(14(16)18)17-15(19)22-11-7-8-23-9-11/h11-13H,3-10H2,1-2H3,(H2,16,18)(H,17,19)/t11-,13?/m0/s1. The first kappa shape index (κ1) is 21.1. The third kappa shape index (κ3) is 6.88. The van der Waals surface area contributed by atoms with Gasteiger partial charge in [0.1, 0.15) is 12.1 Å². The van der Waals surface area contributed by atoms with Gasteiger partial charge in [-0.2, -0.15) is 11.8 Å². The lowest BCUT2D eigenvalue weighted by Gasteiger charge is -2.21. The molecule has 2 amide bonds. The van der Waals surface area contributed by atoms with Crippen LogP contribution >= 0.6 is 11.8 Å². The first-order valence-corrected chi connectivity index (χ1v) is 11.2. The van der Waals surface area contributed by atoms with E-state index in [2.05, 4.69) is 5.32 Å². The van der Waals surface area contributed by atoms with Gasteiger partial charge < -0.3 is 15.8 Å². The van der Waals surface area contributed by atoms with Gasteiger partial charge in [0, 0.05) is 5.75 Å². The molecule has 0 spiro atoms. The minimum absolute atomic E-state index is 0.201. The number of alkyl carbamates (subject to hydrolysis) is 1. The maximum absolute atomic E-state index is 12.5. The number of primary amides is 1. The first-order valence-electron chi connectivity index (χ1n) is 8.35. The van der Waals surface area contributed by atoms with Gasteiger partial charge in [0.15, 0.2) is 9.84 Å². The number of carbonyl (C=O) groups is 2. The van der Waals surface area contributed by atoms with Gasteiger partial charge in [0.2, 0.25) is 5.91 Å². The van der Waals surface area contributed by atoms with Crippen LogP contribution in [0.4, 0.5) is 4.79 Å². The highest BCUT2D eigenvalue weighted by Crippen LogP contribution is 2.20. The van der Waals surface area contributed by atoms with Crippen LogP contribution in [0.3, 0.4) is 0 Å². The summed E-state index contributed by atoms with van der Waals surface area (Å²) >= 11 is 1.68. The second-order valence-electron chi connectivity index (χ2n) is 6.02. The normalized spacial score (nSPS) is 19.2. The van der Waals surface area contributed by atoms with Crippen LogP contribution < -0.4 is 11.1 Å². The number of carbonyl (C=O) groups excluding carboxylic acids is 2. The molecule has 1 rings (SSSR count). The number of ether oxygens (including phenoxy) is 1. The summed E-state index contributed by atoms with van der Waals surface area (Å²) in [7, 11) is -3.54. The average Bonchev–Trinajstić information content (AvgIpc) is 2.98. The van der Waals surface area contributed by atoms with Crippen LogP contribution in [0, 0.1) is 0 Å². The lowest BCUT2D eigenvalue weighted by molar-refractivity contribution is -0.119. The summed E-state index contributed by atoms with van der Waals surface area (Å²) in [6.45, 7) is 3.83. The van der Waals surface area contributed by atoms with Gasteiger partial charge in [0.05, 0.1) is 11.0 Å². The van der Waals surface area contributed by atoms with Gasteiger partial charge in [-0.25, -0.2) is 13.2 Å². The molecule has 0 aliphatic carbocycles. The summed E-state index contributed by atoms with van der Waals surface area (Å²) in [4.78, 5) is 23.4. The fourth-order valence-corrected chi connectivity index (χ4v) is 5.91. The highest BCUT2D eigenvalue weighted by atomic mass is 32.2. The number of hydrogen-bond donors (Lipinski definition) is 2. The zero-order valence-corrected chi connectivity index (χ0v) is 16.0. The van der Waals surface area contributed by atoms with Crippen molar-refractivity contribution in [3.05, 3.63) is 0 Å². The molecule has 0 aromatic rings. The van der Waals surface area contributed by atoms with Crippen LogP contribution in [0.1, 0.15) is 46.0 Å². The minimum atomic E-state index is -3.54. The van der Waals surface area contributed by atoms with E-state index < -0.39 is 38.9 Å². The molecule has 1 aliphatic heterocycles. The molecular weight excluding hydrogens is 352 g/mol. The SMILES string of the molecule is CCCC(CCC)S(=O)(=O)CC(NC(=O)O[C@H]1CCSC1)C(N)=O. The molecule has 3 N–H and O–H groups in total. The number of rotatable bonds is 10. The van der Waals surface area contributed by atoms with Gasteiger partial charge in [-0.1, -0.05) is 26.7 Å². The zero-order chi connectivity index (χ0) is 18.2. The summed E-state index contributed by atoms with van der Waals surface area (Å²) in [5.74, 6) is 0.272. The van der Waals surface area contributed by atoms with E-state index in [4.69, 9.17) is 10.5 Å². The molecule has 1 saturated heterocycles. The Balaban J connectivity index is 2.69. The molecular formula is C15H28N2O5S2. The molecule has 1 fully saturated rings. The molecule has 0 radical (unpaired) electrons. The van der Waals surface area contributed by atoms with Gasteiger partial charge >= 0.3 is 6.09 Å². The molecule has 2 atom stereocenters. The Morgan fingerprint density at radius 3 is 2.38 bits per heavy atom. The Bertz CT molecular complexity index is 512. The third-order valence-corrected chi connectivity index (χ3v) is 7.34. The van der Waals surface area contributed by atoms with E-state index in [9.17, 15) is 18.0 Å². The summed E-state index contributed by atoms with van der Waals surface area (Å²) in [5.41, 5.74) is 5.27. The van der Waals surface area contributed by atoms with Crippen molar-refractivity contribution >= 4 is 33.6 Å². The van der Waals surface area contributed by atoms with Crippen LogP contribution in [-0.4, -0.2) is 55.1 Å². The average molecular weight is 381 g/mol. The molecule has 1 unspecified atom stereocenters. The highest BCUT2D eigenvalue weighted by Gasteiger charge is 2.32. The van der Waals surface area contributed by atoms with Crippen molar-refractivity contribution < 1.29 is 22.7 Å². The van der Waals surface area contributed by atoms with E-state index in [1.165, 1.54) is 0 Å². The maximum atomic E-state index is 12.5. The third-order valence-electron chi connectivity index (χ3n) is 3.93. The summed E-state index contributed by atoms with van der Waals surface area (Å²) in [6, 6.07) is -1.27. The minimum Gasteiger partial charge on any atom is -0.445 e. The Morgan fingerprint density at radius 1 is 1.29 bits per heavy atom. The zero-order valence-electron chi connectivity index (χ0n) is 14.3. The first-order chi connectivity index (χ1) is 11.3. The van der Waals surface area contributed by atoms with Crippen LogP contribution in [0.15, 0.2) is 0 Å². The lowest BCUT2D eigenvalue weighted by Crippen LogP contribution is -2.50. The Morgan fingerprint density at radius 2 is 1.92 bits per heavy atom. The van der Waals surface area contributed by atoms with E-state index >= 15 is 0 Å². The summed E-state index contributed by atoms with van der Waals surface area (Å²) in [6.07, 6.45) is 2.31. The van der Waals surface area contributed by atoms with Crippen molar-refractivity contribution in [2.75, 3.05) is 17.3 Å². The van der Waals surface area contributed by atoms with Crippen LogP contribution in [0.25, 0.3) is 0 Å². The van der Waals surface area contributed by atoms with Crippen LogP contribution in [0.5, 0.6) is 0 Å². The van der Waals surface area contributed by atoms with Crippen molar-refractivity contribution in [3.63, 3.8) is 0 Å². The number of nitrogens with two attached hydrogens (primary N) is 1. The second kappa shape index (κ2) is 10.1. The van der Waals surface area contributed by atoms with E-state index in [0.717, 1.165) is 25.0 Å². The predicted molar refractivity (Wildman–Crippen MR) is 95.7 cm³/mol. The van der Waals surface area contributed by atoms with Gasteiger partial charge in [0.25, 0.3) is 0 Å². The Labute approximate surface area is 148 Å². The number of nitrogens with one attached hydrogen (secondary N) is 1. The van der Waals surface area contributed by atoms with Crippen molar-refractivity contribution in [2.24, 2.45) is 5.73 Å². The van der Waals surface area contributed by atoms with Crippen LogP contribution in [-0.2, 0) is 19.4 Å². The fraction of sp³-hybridized carbons (Fsp3) is 0.867. The van der Waals surface area contributed by atoms with E-state index in [1.54, 1.807) is 11.8 Å². The number of amides is 2. The molecule has 140 valence electrons.